The van der Waals surface area contributed by atoms with Crippen LogP contribution >= 0.6 is 0 Å². The minimum absolute atomic E-state index is 0.371. The Morgan fingerprint density at radius 3 is 1.94 bits per heavy atom. The average molecular weight is 411 g/mol. The molecular weight excluding hydrogens is 378 g/mol. The third kappa shape index (κ3) is 3.93. The van der Waals surface area contributed by atoms with Gasteiger partial charge in [-0.05, 0) is 64.8 Å². The van der Waals surface area contributed by atoms with Crippen LogP contribution in [0.5, 0.6) is 0 Å². The van der Waals surface area contributed by atoms with Crippen LogP contribution in [0.15, 0.2) is 73.1 Å². The molecule has 0 aliphatic carbocycles. The van der Waals surface area contributed by atoms with E-state index >= 15 is 0 Å². The molecule has 0 N–H and O–H groups in total. The first-order valence-electron chi connectivity index (χ1n) is 11.1. The van der Waals surface area contributed by atoms with Crippen LogP contribution in [0.4, 0.5) is 0 Å². The van der Waals surface area contributed by atoms with Crippen molar-refractivity contribution in [2.45, 2.75) is 46.5 Å². The quantitative estimate of drug-likeness (QED) is 0.340. The summed E-state index contributed by atoms with van der Waals surface area (Å²) in [7, 11) is 2.08. The number of aromatic nitrogens is 3. The molecule has 0 radical (unpaired) electrons. The first kappa shape index (κ1) is 21.0. The number of hydrogen-bond acceptors (Lipinski definition) is 1. The van der Waals surface area contributed by atoms with Crippen molar-refractivity contribution < 1.29 is 4.57 Å². The number of nitrogens with zero attached hydrogens (tertiary/aromatic N) is 3. The molecule has 1 aromatic heterocycles. The standard InChI is InChI=1S/C28H32N3/c1-19(2)25-16-23(22-13-8-7-9-14-22)17-26(20(3)4)27(25)31-28(30(6)18-29-31)24-15-11-10-12-21(24)5/h7-20H,1-6H3/q+1. The molecule has 0 unspecified atom stereocenters. The summed E-state index contributed by atoms with van der Waals surface area (Å²) in [6.45, 7) is 11.3. The fourth-order valence-corrected chi connectivity index (χ4v) is 4.28. The second kappa shape index (κ2) is 8.50. The second-order valence-electron chi connectivity index (χ2n) is 8.97. The van der Waals surface area contributed by atoms with Crippen molar-refractivity contribution >= 4 is 0 Å². The molecule has 0 spiro atoms. The van der Waals surface area contributed by atoms with Crippen molar-refractivity contribution in [1.82, 2.24) is 9.78 Å². The van der Waals surface area contributed by atoms with Gasteiger partial charge in [0.25, 0.3) is 12.2 Å². The van der Waals surface area contributed by atoms with Gasteiger partial charge < -0.3 is 0 Å². The fourth-order valence-electron chi connectivity index (χ4n) is 4.28. The summed E-state index contributed by atoms with van der Waals surface area (Å²) in [6.07, 6.45) is 1.92. The maximum Gasteiger partial charge on any atom is 0.273 e. The number of aryl methyl sites for hydroxylation is 2. The summed E-state index contributed by atoms with van der Waals surface area (Å²) in [4.78, 5) is 0. The first-order chi connectivity index (χ1) is 14.9. The van der Waals surface area contributed by atoms with Crippen LogP contribution in [-0.2, 0) is 7.05 Å². The lowest BCUT2D eigenvalue weighted by Gasteiger charge is -2.19. The molecule has 0 saturated heterocycles. The lowest BCUT2D eigenvalue weighted by atomic mass is 9.88. The van der Waals surface area contributed by atoms with Gasteiger partial charge in [-0.15, -0.1) is 0 Å². The molecular formula is C28H32N3+. The zero-order valence-electron chi connectivity index (χ0n) is 19.4. The largest absolute Gasteiger partial charge is 0.273 e. The predicted molar refractivity (Wildman–Crippen MR) is 129 cm³/mol. The highest BCUT2D eigenvalue weighted by atomic mass is 15.4. The van der Waals surface area contributed by atoms with Gasteiger partial charge in [0.2, 0.25) is 0 Å². The topological polar surface area (TPSA) is 21.7 Å². The molecule has 0 aliphatic rings. The molecule has 0 fully saturated rings. The summed E-state index contributed by atoms with van der Waals surface area (Å²) in [6, 6.07) is 23.9. The maximum atomic E-state index is 4.87. The molecule has 3 heteroatoms. The zero-order valence-corrected chi connectivity index (χ0v) is 19.4. The van der Waals surface area contributed by atoms with Crippen molar-refractivity contribution in [3.05, 3.63) is 89.7 Å². The van der Waals surface area contributed by atoms with Crippen molar-refractivity contribution in [1.29, 1.82) is 0 Å². The molecule has 0 amide bonds. The van der Waals surface area contributed by atoms with E-state index in [4.69, 9.17) is 5.10 Å². The Hall–Kier alpha value is -3.20. The molecule has 4 rings (SSSR count). The van der Waals surface area contributed by atoms with E-state index in [2.05, 4.69) is 118 Å². The maximum absolute atomic E-state index is 4.87. The normalized spacial score (nSPS) is 11.5. The van der Waals surface area contributed by atoms with Crippen LogP contribution in [-0.4, -0.2) is 9.78 Å². The van der Waals surface area contributed by atoms with Gasteiger partial charge in [-0.25, -0.2) is 4.57 Å². The van der Waals surface area contributed by atoms with Gasteiger partial charge in [-0.2, -0.15) is 0 Å². The van der Waals surface area contributed by atoms with Gasteiger partial charge in [0, 0.05) is 5.10 Å². The molecule has 3 aromatic carbocycles. The lowest BCUT2D eigenvalue weighted by Crippen LogP contribution is -2.29. The number of benzene rings is 3. The van der Waals surface area contributed by atoms with Crippen molar-refractivity contribution in [3.63, 3.8) is 0 Å². The Kier molecular flexibility index (Phi) is 5.77. The number of rotatable bonds is 5. The predicted octanol–water partition coefficient (Wildman–Crippen LogP) is 6.59. The van der Waals surface area contributed by atoms with Gasteiger partial charge in [0.1, 0.15) is 5.69 Å². The Labute approximate surface area is 186 Å². The minimum Gasteiger partial charge on any atom is -0.233 e. The van der Waals surface area contributed by atoms with Crippen molar-refractivity contribution in [2.24, 2.45) is 7.05 Å². The SMILES string of the molecule is Cc1ccccc1-c1n(-c2c(C(C)C)cc(-c3ccccc3)cc2C(C)C)nc[n+]1C. The highest BCUT2D eigenvalue weighted by Gasteiger charge is 2.28. The highest BCUT2D eigenvalue weighted by molar-refractivity contribution is 5.71. The van der Waals surface area contributed by atoms with E-state index in [9.17, 15) is 0 Å². The molecule has 3 nitrogen and oxygen atoms in total. The van der Waals surface area contributed by atoms with E-state index < -0.39 is 0 Å². The smallest absolute Gasteiger partial charge is 0.233 e. The van der Waals surface area contributed by atoms with Crippen LogP contribution in [0.25, 0.3) is 28.2 Å². The van der Waals surface area contributed by atoms with Crippen LogP contribution in [0.1, 0.15) is 56.2 Å². The van der Waals surface area contributed by atoms with Crippen LogP contribution in [0, 0.1) is 6.92 Å². The van der Waals surface area contributed by atoms with E-state index in [1.54, 1.807) is 0 Å². The van der Waals surface area contributed by atoms with Crippen molar-refractivity contribution in [3.8, 4) is 28.2 Å². The monoisotopic (exact) mass is 410 g/mol. The van der Waals surface area contributed by atoms with Gasteiger partial charge in [-0.3, -0.25) is 0 Å². The van der Waals surface area contributed by atoms with Gasteiger partial charge in [-0.1, -0.05) is 80.9 Å². The molecule has 0 aliphatic heterocycles. The summed E-state index contributed by atoms with van der Waals surface area (Å²) >= 11 is 0. The summed E-state index contributed by atoms with van der Waals surface area (Å²) in [5.74, 6) is 1.85. The highest BCUT2D eigenvalue weighted by Crippen LogP contribution is 2.37. The Balaban J connectivity index is 2.04. The molecule has 0 bridgehead atoms. The molecule has 4 aromatic rings. The van der Waals surface area contributed by atoms with E-state index in [1.807, 2.05) is 6.33 Å². The molecule has 0 atom stereocenters. The van der Waals surface area contributed by atoms with Gasteiger partial charge in [0.15, 0.2) is 0 Å². The zero-order chi connectivity index (χ0) is 22.1. The molecule has 1 heterocycles. The van der Waals surface area contributed by atoms with E-state index in [0.29, 0.717) is 11.8 Å². The van der Waals surface area contributed by atoms with Gasteiger partial charge >= 0.3 is 0 Å². The summed E-state index contributed by atoms with van der Waals surface area (Å²) in [5.41, 5.74) is 8.83. The van der Waals surface area contributed by atoms with Crippen LogP contribution < -0.4 is 4.57 Å². The molecule has 158 valence electrons. The van der Waals surface area contributed by atoms with E-state index in [0.717, 1.165) is 5.82 Å². The Bertz CT molecular complexity index is 1170. The molecule has 0 saturated carbocycles. The number of hydrogen-bond donors (Lipinski definition) is 0. The van der Waals surface area contributed by atoms with Crippen LogP contribution in [0.3, 0.4) is 0 Å². The van der Waals surface area contributed by atoms with Gasteiger partial charge in [0.05, 0.1) is 12.6 Å². The van der Waals surface area contributed by atoms with E-state index in [1.165, 1.54) is 39.1 Å². The van der Waals surface area contributed by atoms with E-state index in [-0.39, 0.29) is 0 Å². The second-order valence-corrected chi connectivity index (χ2v) is 8.97. The fraction of sp³-hybridized carbons (Fsp3) is 0.286. The summed E-state index contributed by atoms with van der Waals surface area (Å²) < 4.78 is 4.28. The Morgan fingerprint density at radius 1 is 0.774 bits per heavy atom. The third-order valence-corrected chi connectivity index (χ3v) is 5.99. The Morgan fingerprint density at radius 2 is 1.35 bits per heavy atom. The lowest BCUT2D eigenvalue weighted by molar-refractivity contribution is -0.660. The first-order valence-corrected chi connectivity index (χ1v) is 11.1. The third-order valence-electron chi connectivity index (χ3n) is 5.99. The van der Waals surface area contributed by atoms with Crippen LogP contribution in [0.2, 0.25) is 0 Å². The average Bonchev–Trinajstić information content (AvgIpc) is 3.14. The van der Waals surface area contributed by atoms with Crippen molar-refractivity contribution in [2.75, 3.05) is 0 Å². The molecule has 31 heavy (non-hydrogen) atoms. The minimum atomic E-state index is 0.371. The summed E-state index contributed by atoms with van der Waals surface area (Å²) in [5, 5.41) is 4.87.